The van der Waals surface area contributed by atoms with Gasteiger partial charge >= 0.3 is 0 Å². The van der Waals surface area contributed by atoms with Gasteiger partial charge in [0.25, 0.3) is 0 Å². The summed E-state index contributed by atoms with van der Waals surface area (Å²) in [5.41, 5.74) is 0. The van der Waals surface area contributed by atoms with Crippen molar-refractivity contribution in [1.29, 1.82) is 0 Å². The number of amides is 1. The molecule has 0 radical (unpaired) electrons. The molecule has 0 aromatic rings. The van der Waals surface area contributed by atoms with Crippen LogP contribution in [0, 0.1) is 5.92 Å². The molecule has 0 aliphatic carbocycles. The van der Waals surface area contributed by atoms with Crippen molar-refractivity contribution in [2.24, 2.45) is 5.92 Å². The predicted octanol–water partition coefficient (Wildman–Crippen LogP) is 1.59. The maximum Gasteiger partial charge on any atom is 0.238 e. The number of nitrogens with one attached hydrogen (secondary N) is 1. The Kier molecular flexibility index (Phi) is 3.93. The van der Waals surface area contributed by atoms with Gasteiger partial charge in [-0.2, -0.15) is 0 Å². The second-order valence-corrected chi connectivity index (χ2v) is 4.58. The Morgan fingerprint density at radius 3 is 2.64 bits per heavy atom. The summed E-state index contributed by atoms with van der Waals surface area (Å²) in [6.07, 6.45) is 2.34. The molecule has 1 fully saturated rings. The summed E-state index contributed by atoms with van der Waals surface area (Å²) in [6.45, 7) is 9.15. The number of carbonyl (C=O) groups is 1. The van der Waals surface area contributed by atoms with Crippen molar-refractivity contribution in [3.05, 3.63) is 0 Å². The van der Waals surface area contributed by atoms with E-state index in [9.17, 15) is 4.79 Å². The average Bonchev–Trinajstić information content (AvgIpc) is 2.45. The van der Waals surface area contributed by atoms with E-state index >= 15 is 0 Å². The fraction of sp³-hybridized carbons (Fsp3) is 0.909. The minimum absolute atomic E-state index is 0.255. The highest BCUT2D eigenvalue weighted by molar-refractivity contribution is 5.80. The van der Waals surface area contributed by atoms with Crippen LogP contribution in [0.25, 0.3) is 0 Å². The largest absolute Gasteiger partial charge is 0.323 e. The molecule has 82 valence electrons. The fourth-order valence-electron chi connectivity index (χ4n) is 1.96. The minimum Gasteiger partial charge on any atom is -0.323 e. The highest BCUT2D eigenvalue weighted by Gasteiger charge is 2.33. The molecule has 0 saturated carbocycles. The average molecular weight is 198 g/mol. The molecule has 1 saturated heterocycles. The van der Waals surface area contributed by atoms with E-state index in [4.69, 9.17) is 0 Å². The Morgan fingerprint density at radius 1 is 1.50 bits per heavy atom. The van der Waals surface area contributed by atoms with Crippen LogP contribution in [0.1, 0.15) is 40.5 Å². The molecule has 0 aromatic carbocycles. The van der Waals surface area contributed by atoms with Crippen molar-refractivity contribution in [3.8, 4) is 0 Å². The molecule has 1 rings (SSSR count). The third-order valence-corrected chi connectivity index (χ3v) is 2.87. The van der Waals surface area contributed by atoms with Crippen molar-refractivity contribution in [2.75, 3.05) is 6.54 Å². The first kappa shape index (κ1) is 11.5. The van der Waals surface area contributed by atoms with Gasteiger partial charge in [0.2, 0.25) is 5.91 Å². The minimum atomic E-state index is 0.255. The topological polar surface area (TPSA) is 32.3 Å². The summed E-state index contributed by atoms with van der Waals surface area (Å²) >= 11 is 0. The molecular formula is C11H22N2O. The fourth-order valence-corrected chi connectivity index (χ4v) is 1.96. The summed E-state index contributed by atoms with van der Waals surface area (Å²) in [5, 5.41) is 3.28. The molecule has 0 bridgehead atoms. The van der Waals surface area contributed by atoms with Gasteiger partial charge in [0.15, 0.2) is 0 Å². The van der Waals surface area contributed by atoms with Crippen molar-refractivity contribution >= 4 is 5.91 Å². The van der Waals surface area contributed by atoms with Gasteiger partial charge in [0, 0.05) is 6.04 Å². The van der Waals surface area contributed by atoms with E-state index < -0.39 is 0 Å². The SMILES string of the molecule is CCC(C)N1C(=O)CNC1CC(C)C. The number of rotatable bonds is 4. The highest BCUT2D eigenvalue weighted by Crippen LogP contribution is 2.18. The van der Waals surface area contributed by atoms with Crippen molar-refractivity contribution in [1.82, 2.24) is 10.2 Å². The zero-order chi connectivity index (χ0) is 10.7. The van der Waals surface area contributed by atoms with Gasteiger partial charge in [-0.1, -0.05) is 20.8 Å². The molecule has 3 nitrogen and oxygen atoms in total. The Bertz CT molecular complexity index is 203. The van der Waals surface area contributed by atoms with Gasteiger partial charge in [-0.3, -0.25) is 10.1 Å². The zero-order valence-corrected chi connectivity index (χ0v) is 9.71. The van der Waals surface area contributed by atoms with Gasteiger partial charge in [-0.25, -0.2) is 0 Å². The van der Waals surface area contributed by atoms with Gasteiger partial charge in [0.05, 0.1) is 12.7 Å². The van der Waals surface area contributed by atoms with Crippen LogP contribution in [-0.4, -0.2) is 29.6 Å². The van der Waals surface area contributed by atoms with Crippen LogP contribution < -0.4 is 5.32 Å². The molecule has 1 heterocycles. The standard InChI is InChI=1S/C11H22N2O/c1-5-9(4)13-10(6-8(2)3)12-7-11(13)14/h8-10,12H,5-7H2,1-4H3. The van der Waals surface area contributed by atoms with Gasteiger partial charge < -0.3 is 4.90 Å². The van der Waals surface area contributed by atoms with Crippen LogP contribution in [0.2, 0.25) is 0 Å². The first-order valence-electron chi connectivity index (χ1n) is 5.60. The summed E-state index contributed by atoms with van der Waals surface area (Å²) in [6, 6.07) is 0.362. The molecule has 2 unspecified atom stereocenters. The summed E-state index contributed by atoms with van der Waals surface area (Å²) in [5.74, 6) is 0.884. The van der Waals surface area contributed by atoms with Crippen LogP contribution >= 0.6 is 0 Å². The van der Waals surface area contributed by atoms with Gasteiger partial charge in [-0.05, 0) is 25.7 Å². The van der Waals surface area contributed by atoms with E-state index in [-0.39, 0.29) is 12.1 Å². The Labute approximate surface area is 86.9 Å². The van der Waals surface area contributed by atoms with Crippen LogP contribution in [0.5, 0.6) is 0 Å². The molecule has 1 amide bonds. The molecule has 3 heteroatoms. The molecule has 0 aromatic heterocycles. The van der Waals surface area contributed by atoms with E-state index in [2.05, 4.69) is 33.0 Å². The molecule has 1 aliphatic rings. The van der Waals surface area contributed by atoms with Crippen molar-refractivity contribution in [3.63, 3.8) is 0 Å². The number of hydrogen-bond acceptors (Lipinski definition) is 2. The quantitative estimate of drug-likeness (QED) is 0.744. The lowest BCUT2D eigenvalue weighted by atomic mass is 10.1. The van der Waals surface area contributed by atoms with E-state index in [1.165, 1.54) is 0 Å². The molecular weight excluding hydrogens is 176 g/mol. The van der Waals surface area contributed by atoms with Crippen LogP contribution in [0.4, 0.5) is 0 Å². The summed E-state index contributed by atoms with van der Waals surface area (Å²) in [7, 11) is 0. The maximum absolute atomic E-state index is 11.6. The van der Waals surface area contributed by atoms with Crippen molar-refractivity contribution < 1.29 is 4.79 Å². The van der Waals surface area contributed by atoms with Crippen LogP contribution in [0.15, 0.2) is 0 Å². The second kappa shape index (κ2) is 4.78. The van der Waals surface area contributed by atoms with Crippen molar-refractivity contribution in [2.45, 2.75) is 52.7 Å². The summed E-state index contributed by atoms with van der Waals surface area (Å²) < 4.78 is 0. The van der Waals surface area contributed by atoms with E-state index in [0.29, 0.717) is 18.5 Å². The molecule has 1 N–H and O–H groups in total. The zero-order valence-electron chi connectivity index (χ0n) is 9.71. The van der Waals surface area contributed by atoms with Gasteiger partial charge in [-0.15, -0.1) is 0 Å². The molecule has 0 spiro atoms. The molecule has 1 aliphatic heterocycles. The number of carbonyl (C=O) groups excluding carboxylic acids is 1. The third kappa shape index (κ3) is 2.47. The number of nitrogens with zero attached hydrogens (tertiary/aromatic N) is 1. The lowest BCUT2D eigenvalue weighted by Crippen LogP contribution is -2.43. The smallest absolute Gasteiger partial charge is 0.238 e. The monoisotopic (exact) mass is 198 g/mol. The molecule has 14 heavy (non-hydrogen) atoms. The third-order valence-electron chi connectivity index (χ3n) is 2.87. The van der Waals surface area contributed by atoms with Gasteiger partial charge in [0.1, 0.15) is 0 Å². The van der Waals surface area contributed by atoms with Crippen LogP contribution in [0.3, 0.4) is 0 Å². The second-order valence-electron chi connectivity index (χ2n) is 4.58. The Balaban J connectivity index is 2.61. The molecule has 2 atom stereocenters. The Morgan fingerprint density at radius 2 is 2.14 bits per heavy atom. The first-order valence-corrected chi connectivity index (χ1v) is 5.60. The Hall–Kier alpha value is -0.570. The van der Waals surface area contributed by atoms with Crippen LogP contribution in [-0.2, 0) is 4.79 Å². The maximum atomic E-state index is 11.6. The first-order chi connectivity index (χ1) is 6.56. The highest BCUT2D eigenvalue weighted by atomic mass is 16.2. The van der Waals surface area contributed by atoms with E-state index in [0.717, 1.165) is 12.8 Å². The lowest BCUT2D eigenvalue weighted by molar-refractivity contribution is -0.130. The normalized spacial score (nSPS) is 24.8. The van der Waals surface area contributed by atoms with E-state index in [1.807, 2.05) is 4.90 Å². The summed E-state index contributed by atoms with van der Waals surface area (Å²) in [4.78, 5) is 13.6. The number of hydrogen-bond donors (Lipinski definition) is 1. The predicted molar refractivity (Wildman–Crippen MR) is 57.8 cm³/mol. The van der Waals surface area contributed by atoms with E-state index in [1.54, 1.807) is 0 Å². The lowest BCUT2D eigenvalue weighted by Gasteiger charge is -2.30.